The van der Waals surface area contributed by atoms with E-state index in [1.54, 1.807) is 0 Å². The minimum Gasteiger partial charge on any atom is -0.453 e. The SMILES string of the molecule is Nc1ccc(-c2cc(=O)c3c(N)c(F)c(CN4CCOCC4)c(F)c3o2)cc1F. The summed E-state index contributed by atoms with van der Waals surface area (Å²) in [6.45, 7) is 1.87. The molecular formula is C20H18F3N3O3. The van der Waals surface area contributed by atoms with Crippen molar-refractivity contribution in [3.05, 3.63) is 57.5 Å². The number of halogens is 3. The Balaban J connectivity index is 1.88. The van der Waals surface area contributed by atoms with Crippen LogP contribution in [0.15, 0.2) is 33.5 Å². The summed E-state index contributed by atoms with van der Waals surface area (Å²) in [5.74, 6) is -2.78. The number of hydrogen-bond donors (Lipinski definition) is 2. The third-order valence-electron chi connectivity index (χ3n) is 4.95. The molecule has 9 heteroatoms. The molecule has 0 unspecified atom stereocenters. The van der Waals surface area contributed by atoms with Gasteiger partial charge >= 0.3 is 0 Å². The molecule has 0 saturated carbocycles. The van der Waals surface area contributed by atoms with Crippen LogP contribution in [-0.4, -0.2) is 31.2 Å². The zero-order valence-electron chi connectivity index (χ0n) is 15.3. The third-order valence-corrected chi connectivity index (χ3v) is 4.95. The van der Waals surface area contributed by atoms with Crippen molar-refractivity contribution in [3.8, 4) is 11.3 Å². The molecule has 2 aromatic carbocycles. The van der Waals surface area contributed by atoms with Gasteiger partial charge in [-0.25, -0.2) is 13.2 Å². The van der Waals surface area contributed by atoms with E-state index in [9.17, 15) is 13.6 Å². The number of nitrogens with two attached hydrogens (primary N) is 2. The molecule has 4 rings (SSSR count). The Kier molecular flexibility index (Phi) is 4.93. The Hall–Kier alpha value is -3.04. The van der Waals surface area contributed by atoms with Crippen molar-refractivity contribution < 1.29 is 22.3 Å². The highest BCUT2D eigenvalue weighted by atomic mass is 19.1. The predicted octanol–water partition coefficient (Wildman–Crippen LogP) is 2.87. The Bertz CT molecular complexity index is 1160. The van der Waals surface area contributed by atoms with Gasteiger partial charge in [-0.1, -0.05) is 0 Å². The fraction of sp³-hybridized carbons (Fsp3) is 0.250. The molecule has 0 spiro atoms. The topological polar surface area (TPSA) is 94.7 Å². The lowest BCUT2D eigenvalue weighted by Crippen LogP contribution is -2.36. The second-order valence-electron chi connectivity index (χ2n) is 6.82. The monoisotopic (exact) mass is 405 g/mol. The van der Waals surface area contributed by atoms with Crippen LogP contribution in [0.3, 0.4) is 0 Å². The second-order valence-corrected chi connectivity index (χ2v) is 6.82. The van der Waals surface area contributed by atoms with Gasteiger partial charge in [0.15, 0.2) is 22.6 Å². The van der Waals surface area contributed by atoms with Crippen molar-refractivity contribution in [1.29, 1.82) is 0 Å². The van der Waals surface area contributed by atoms with Gasteiger partial charge in [-0.05, 0) is 18.2 Å². The Morgan fingerprint density at radius 1 is 1.03 bits per heavy atom. The van der Waals surface area contributed by atoms with E-state index in [1.807, 2.05) is 4.90 Å². The smallest absolute Gasteiger partial charge is 0.195 e. The summed E-state index contributed by atoms with van der Waals surface area (Å²) in [5, 5.41) is -0.384. The van der Waals surface area contributed by atoms with E-state index in [0.29, 0.717) is 26.3 Å². The number of morpholine rings is 1. The molecule has 3 aromatic rings. The molecule has 1 aromatic heterocycles. The van der Waals surface area contributed by atoms with Crippen molar-refractivity contribution in [2.45, 2.75) is 6.54 Å². The van der Waals surface area contributed by atoms with Crippen molar-refractivity contribution in [3.63, 3.8) is 0 Å². The van der Waals surface area contributed by atoms with E-state index in [-0.39, 0.29) is 34.5 Å². The first kappa shape index (κ1) is 19.3. The number of hydrogen-bond acceptors (Lipinski definition) is 6. The van der Waals surface area contributed by atoms with E-state index in [0.717, 1.165) is 12.1 Å². The maximum Gasteiger partial charge on any atom is 0.195 e. The molecule has 1 aliphatic rings. The maximum atomic E-state index is 15.2. The Labute approximate surface area is 163 Å². The lowest BCUT2D eigenvalue weighted by atomic mass is 10.0. The van der Waals surface area contributed by atoms with Crippen molar-refractivity contribution in [1.82, 2.24) is 4.90 Å². The second kappa shape index (κ2) is 7.41. The Morgan fingerprint density at radius 2 is 1.76 bits per heavy atom. The first-order chi connectivity index (χ1) is 13.9. The highest BCUT2D eigenvalue weighted by Crippen LogP contribution is 2.33. The van der Waals surface area contributed by atoms with E-state index in [1.165, 1.54) is 12.1 Å². The molecule has 2 heterocycles. The quantitative estimate of drug-likeness (QED) is 0.651. The molecular weight excluding hydrogens is 387 g/mol. The average Bonchev–Trinajstić information content (AvgIpc) is 2.72. The molecule has 0 atom stereocenters. The lowest BCUT2D eigenvalue weighted by Gasteiger charge is -2.27. The van der Waals surface area contributed by atoms with Gasteiger partial charge < -0.3 is 20.6 Å². The first-order valence-electron chi connectivity index (χ1n) is 8.95. The van der Waals surface area contributed by atoms with Crippen LogP contribution in [0.4, 0.5) is 24.5 Å². The van der Waals surface area contributed by atoms with Crippen LogP contribution < -0.4 is 16.9 Å². The van der Waals surface area contributed by atoms with Crippen molar-refractivity contribution in [2.24, 2.45) is 0 Å². The summed E-state index contributed by atoms with van der Waals surface area (Å²) in [6.07, 6.45) is 0. The average molecular weight is 405 g/mol. The summed E-state index contributed by atoms with van der Waals surface area (Å²) in [6, 6.07) is 4.82. The highest BCUT2D eigenvalue weighted by molar-refractivity contribution is 5.91. The van der Waals surface area contributed by atoms with E-state index in [4.69, 9.17) is 20.6 Å². The predicted molar refractivity (Wildman–Crippen MR) is 103 cm³/mol. The van der Waals surface area contributed by atoms with Crippen LogP contribution >= 0.6 is 0 Å². The molecule has 0 radical (unpaired) electrons. The fourth-order valence-electron chi connectivity index (χ4n) is 3.35. The molecule has 0 aliphatic carbocycles. The normalized spacial score (nSPS) is 15.1. The van der Waals surface area contributed by atoms with Crippen molar-refractivity contribution >= 4 is 22.3 Å². The number of fused-ring (bicyclic) bond motifs is 1. The highest BCUT2D eigenvalue weighted by Gasteiger charge is 2.25. The van der Waals surface area contributed by atoms with Gasteiger partial charge in [0.25, 0.3) is 0 Å². The van der Waals surface area contributed by atoms with Crippen LogP contribution in [0.5, 0.6) is 0 Å². The van der Waals surface area contributed by atoms with Crippen LogP contribution in [0, 0.1) is 17.5 Å². The summed E-state index contributed by atoms with van der Waals surface area (Å²) >= 11 is 0. The van der Waals surface area contributed by atoms with Crippen LogP contribution in [0.2, 0.25) is 0 Å². The van der Waals surface area contributed by atoms with Gasteiger partial charge in [0.1, 0.15) is 11.6 Å². The molecule has 1 fully saturated rings. The number of ether oxygens (including phenoxy) is 1. The molecule has 1 saturated heterocycles. The summed E-state index contributed by atoms with van der Waals surface area (Å²) < 4.78 is 54.6. The van der Waals surface area contributed by atoms with Gasteiger partial charge in [-0.3, -0.25) is 9.69 Å². The van der Waals surface area contributed by atoms with E-state index < -0.39 is 34.2 Å². The number of benzene rings is 2. The maximum absolute atomic E-state index is 15.2. The van der Waals surface area contributed by atoms with Gasteiger partial charge in [0.05, 0.1) is 30.0 Å². The molecule has 6 nitrogen and oxygen atoms in total. The third kappa shape index (κ3) is 3.43. The molecule has 0 amide bonds. The fourth-order valence-corrected chi connectivity index (χ4v) is 3.35. The van der Waals surface area contributed by atoms with E-state index in [2.05, 4.69) is 0 Å². The zero-order chi connectivity index (χ0) is 20.7. The molecule has 29 heavy (non-hydrogen) atoms. The summed E-state index contributed by atoms with van der Waals surface area (Å²) in [5.41, 5.74) is 9.40. The standard InChI is InChI=1S/C20H18F3N3O3/c21-12-7-10(1-2-13(12)24)15-8-14(27)16-19(25)17(22)11(18(23)20(16)29-15)9-26-3-5-28-6-4-26/h1-2,7-8H,3-6,9,24-25H2. The Morgan fingerprint density at radius 3 is 2.45 bits per heavy atom. The van der Waals surface area contributed by atoms with E-state index >= 15 is 4.39 Å². The molecule has 1 aliphatic heterocycles. The minimum absolute atomic E-state index is 0.0500. The number of rotatable bonds is 3. The summed E-state index contributed by atoms with van der Waals surface area (Å²) in [4.78, 5) is 14.3. The van der Waals surface area contributed by atoms with Crippen LogP contribution in [0.25, 0.3) is 22.3 Å². The van der Waals surface area contributed by atoms with Crippen LogP contribution in [-0.2, 0) is 11.3 Å². The summed E-state index contributed by atoms with van der Waals surface area (Å²) in [7, 11) is 0. The zero-order valence-corrected chi connectivity index (χ0v) is 15.3. The lowest BCUT2D eigenvalue weighted by molar-refractivity contribution is 0.0333. The molecule has 152 valence electrons. The molecule has 0 bridgehead atoms. The van der Waals surface area contributed by atoms with Crippen molar-refractivity contribution in [2.75, 3.05) is 37.8 Å². The van der Waals surface area contributed by atoms with Gasteiger partial charge in [0, 0.05) is 36.8 Å². The van der Waals surface area contributed by atoms with Gasteiger partial charge in [0.2, 0.25) is 0 Å². The minimum atomic E-state index is -1.01. The first-order valence-corrected chi connectivity index (χ1v) is 8.95. The molecule has 4 N–H and O–H groups in total. The van der Waals surface area contributed by atoms with Gasteiger partial charge in [-0.15, -0.1) is 0 Å². The van der Waals surface area contributed by atoms with Gasteiger partial charge in [-0.2, -0.15) is 0 Å². The number of nitrogens with zero attached hydrogens (tertiary/aromatic N) is 1. The van der Waals surface area contributed by atoms with Crippen LogP contribution in [0.1, 0.15) is 5.56 Å². The number of nitrogen functional groups attached to an aromatic ring is 2. The number of anilines is 2. The largest absolute Gasteiger partial charge is 0.453 e.